The molecule has 0 bridgehead atoms. The SMILES string of the molecule is CC(C)[C@H](O)CC[C@H](C)[C@]1(C)CC[C@@H](CO[Si](c2ccccc2)(c2ccccc2)C(C)(C)C)C1(C)C. The minimum atomic E-state index is -2.53. The van der Waals surface area contributed by atoms with Crippen LogP contribution in [-0.4, -0.2) is 26.1 Å². The summed E-state index contributed by atoms with van der Waals surface area (Å²) >= 11 is 0. The molecule has 0 spiro atoms. The molecule has 0 amide bonds. The Balaban J connectivity index is 1.89. The van der Waals surface area contributed by atoms with Crippen molar-refractivity contribution in [3.8, 4) is 0 Å². The van der Waals surface area contributed by atoms with E-state index in [1.165, 1.54) is 23.2 Å². The van der Waals surface area contributed by atoms with Crippen molar-refractivity contribution in [3.05, 3.63) is 60.7 Å². The fourth-order valence-corrected chi connectivity index (χ4v) is 11.5. The summed E-state index contributed by atoms with van der Waals surface area (Å²) in [5.74, 6) is 1.41. The molecular weight excluding hydrogens is 456 g/mol. The van der Waals surface area contributed by atoms with E-state index in [4.69, 9.17) is 4.43 Å². The van der Waals surface area contributed by atoms with E-state index in [0.29, 0.717) is 17.8 Å². The lowest BCUT2D eigenvalue weighted by Crippen LogP contribution is -2.67. The first-order chi connectivity index (χ1) is 16.8. The predicted octanol–water partition coefficient (Wildman–Crippen LogP) is 7.44. The van der Waals surface area contributed by atoms with Gasteiger partial charge in [0.05, 0.1) is 6.10 Å². The third-order valence-corrected chi connectivity index (χ3v) is 15.2. The molecule has 36 heavy (non-hydrogen) atoms. The second-order valence-corrected chi connectivity index (χ2v) is 17.9. The van der Waals surface area contributed by atoms with E-state index in [1.54, 1.807) is 0 Å². The highest BCUT2D eigenvalue weighted by Gasteiger charge is 2.56. The van der Waals surface area contributed by atoms with Crippen LogP contribution in [0.15, 0.2) is 60.7 Å². The van der Waals surface area contributed by atoms with Crippen LogP contribution in [0.3, 0.4) is 0 Å². The van der Waals surface area contributed by atoms with Gasteiger partial charge in [-0.05, 0) is 69.7 Å². The number of hydrogen-bond donors (Lipinski definition) is 1. The van der Waals surface area contributed by atoms with Crippen molar-refractivity contribution >= 4 is 18.7 Å². The van der Waals surface area contributed by atoms with E-state index in [9.17, 15) is 5.11 Å². The first-order valence-corrected chi connectivity index (χ1v) is 16.1. The smallest absolute Gasteiger partial charge is 0.261 e. The van der Waals surface area contributed by atoms with Crippen LogP contribution in [0.4, 0.5) is 0 Å². The molecule has 0 aliphatic heterocycles. The molecule has 1 aliphatic carbocycles. The Hall–Kier alpha value is -1.42. The number of aliphatic hydroxyl groups is 1. The summed E-state index contributed by atoms with van der Waals surface area (Å²) in [6.07, 6.45) is 4.22. The van der Waals surface area contributed by atoms with Crippen LogP contribution in [0.1, 0.15) is 88.0 Å². The Labute approximate surface area is 223 Å². The van der Waals surface area contributed by atoms with Gasteiger partial charge in [-0.1, -0.05) is 123 Å². The van der Waals surface area contributed by atoms with Crippen LogP contribution in [0.2, 0.25) is 5.04 Å². The summed E-state index contributed by atoms with van der Waals surface area (Å²) in [4.78, 5) is 0. The molecule has 1 saturated carbocycles. The van der Waals surface area contributed by atoms with Gasteiger partial charge in [0.1, 0.15) is 0 Å². The first kappa shape index (κ1) is 29.1. The maximum atomic E-state index is 10.4. The molecule has 0 aromatic heterocycles. The van der Waals surface area contributed by atoms with E-state index < -0.39 is 8.32 Å². The van der Waals surface area contributed by atoms with E-state index >= 15 is 0 Å². The highest BCUT2D eigenvalue weighted by Crippen LogP contribution is 2.60. The van der Waals surface area contributed by atoms with Crippen LogP contribution in [0.5, 0.6) is 0 Å². The number of rotatable bonds is 10. The molecular formula is C33H52O2Si. The number of hydrogen-bond acceptors (Lipinski definition) is 2. The van der Waals surface area contributed by atoms with Crippen LogP contribution < -0.4 is 10.4 Å². The third-order valence-electron chi connectivity index (χ3n) is 10.2. The quantitative estimate of drug-likeness (QED) is 0.338. The van der Waals surface area contributed by atoms with Gasteiger partial charge >= 0.3 is 0 Å². The van der Waals surface area contributed by atoms with Crippen molar-refractivity contribution in [3.63, 3.8) is 0 Å². The third kappa shape index (κ3) is 5.40. The summed E-state index contributed by atoms with van der Waals surface area (Å²) in [5, 5.41) is 13.2. The Morgan fingerprint density at radius 1 is 0.889 bits per heavy atom. The molecule has 2 aromatic rings. The summed E-state index contributed by atoms with van der Waals surface area (Å²) < 4.78 is 7.39. The lowest BCUT2D eigenvalue weighted by atomic mass is 9.59. The lowest BCUT2D eigenvalue weighted by molar-refractivity contribution is 0.00600. The molecule has 0 unspecified atom stereocenters. The maximum Gasteiger partial charge on any atom is 0.261 e. The van der Waals surface area contributed by atoms with Gasteiger partial charge in [0, 0.05) is 6.61 Å². The fourth-order valence-electron chi connectivity index (χ4n) is 6.86. The second kappa shape index (κ2) is 11.1. The largest absolute Gasteiger partial charge is 0.407 e. The molecule has 3 rings (SSSR count). The minimum absolute atomic E-state index is 0.00202. The van der Waals surface area contributed by atoms with Gasteiger partial charge in [0.2, 0.25) is 0 Å². The van der Waals surface area contributed by atoms with Gasteiger partial charge in [-0.15, -0.1) is 0 Å². The molecule has 1 N–H and O–H groups in total. The fraction of sp³-hybridized carbons (Fsp3) is 0.636. The van der Waals surface area contributed by atoms with E-state index in [0.717, 1.165) is 19.4 Å². The Morgan fingerprint density at radius 2 is 1.39 bits per heavy atom. The Kier molecular flexibility index (Phi) is 9.01. The Morgan fingerprint density at radius 3 is 1.83 bits per heavy atom. The second-order valence-electron chi connectivity index (χ2n) is 13.6. The van der Waals surface area contributed by atoms with Crippen LogP contribution >= 0.6 is 0 Å². The van der Waals surface area contributed by atoms with E-state index in [-0.39, 0.29) is 22.0 Å². The highest BCUT2D eigenvalue weighted by molar-refractivity contribution is 6.99. The van der Waals surface area contributed by atoms with Crippen molar-refractivity contribution in [2.45, 2.75) is 99.1 Å². The predicted molar refractivity (Wildman–Crippen MR) is 157 cm³/mol. The molecule has 0 saturated heterocycles. The van der Waals surface area contributed by atoms with Crippen molar-refractivity contribution in [1.29, 1.82) is 0 Å². The van der Waals surface area contributed by atoms with Crippen molar-refractivity contribution in [2.75, 3.05) is 6.61 Å². The van der Waals surface area contributed by atoms with Gasteiger partial charge in [0.15, 0.2) is 0 Å². The zero-order valence-corrected chi connectivity index (χ0v) is 25.5. The van der Waals surface area contributed by atoms with Crippen molar-refractivity contribution in [1.82, 2.24) is 0 Å². The topological polar surface area (TPSA) is 29.5 Å². The number of benzene rings is 2. The molecule has 2 nitrogen and oxygen atoms in total. The molecule has 2 aromatic carbocycles. The van der Waals surface area contributed by atoms with Gasteiger partial charge < -0.3 is 9.53 Å². The molecule has 0 heterocycles. The molecule has 200 valence electrons. The average Bonchev–Trinajstić information content (AvgIpc) is 3.07. The Bertz CT molecular complexity index is 907. The minimum Gasteiger partial charge on any atom is -0.407 e. The summed E-state index contributed by atoms with van der Waals surface area (Å²) in [5.41, 5.74) is 0.407. The van der Waals surface area contributed by atoms with Crippen LogP contribution in [0.25, 0.3) is 0 Å². The molecule has 1 fully saturated rings. The maximum absolute atomic E-state index is 10.4. The normalized spacial score (nSPS) is 24.1. The van der Waals surface area contributed by atoms with Crippen LogP contribution in [-0.2, 0) is 4.43 Å². The molecule has 0 radical (unpaired) electrons. The lowest BCUT2D eigenvalue weighted by Gasteiger charge is -2.48. The summed E-state index contributed by atoms with van der Waals surface area (Å²) in [6.45, 7) is 22.0. The standard InChI is InChI=1S/C33H52O2Si/c1-25(2)30(34)21-20-26(3)33(9)23-22-27(32(33,7)8)24-35-36(31(4,5)6,28-16-12-10-13-17-28)29-18-14-11-15-19-29/h10-19,25-27,30,34H,20-24H2,1-9H3/t26-,27-,30+,33-/m0/s1. The van der Waals surface area contributed by atoms with Gasteiger partial charge in [-0.25, -0.2) is 0 Å². The van der Waals surface area contributed by atoms with Gasteiger partial charge in [-0.2, -0.15) is 0 Å². The first-order valence-electron chi connectivity index (χ1n) is 14.2. The highest BCUT2D eigenvalue weighted by atomic mass is 28.4. The number of aliphatic hydroxyl groups excluding tert-OH is 1. The zero-order valence-electron chi connectivity index (χ0n) is 24.5. The zero-order chi connectivity index (χ0) is 26.8. The molecule has 1 aliphatic rings. The van der Waals surface area contributed by atoms with E-state index in [1.807, 2.05) is 0 Å². The monoisotopic (exact) mass is 508 g/mol. The summed E-state index contributed by atoms with van der Waals surface area (Å²) in [7, 11) is -2.53. The van der Waals surface area contributed by atoms with Crippen LogP contribution in [0, 0.1) is 28.6 Å². The average molecular weight is 509 g/mol. The van der Waals surface area contributed by atoms with Gasteiger partial charge in [-0.3, -0.25) is 0 Å². The summed E-state index contributed by atoms with van der Waals surface area (Å²) in [6, 6.07) is 22.0. The van der Waals surface area contributed by atoms with Crippen molar-refractivity contribution in [2.24, 2.45) is 28.6 Å². The van der Waals surface area contributed by atoms with Gasteiger partial charge in [0.25, 0.3) is 8.32 Å². The van der Waals surface area contributed by atoms with Crippen molar-refractivity contribution < 1.29 is 9.53 Å². The van der Waals surface area contributed by atoms with E-state index in [2.05, 4.69) is 123 Å². The molecule has 4 atom stereocenters. The molecule has 3 heteroatoms.